The zero-order valence-corrected chi connectivity index (χ0v) is 11.8. The molecule has 0 saturated heterocycles. The maximum absolute atomic E-state index is 12.2. The predicted molar refractivity (Wildman–Crippen MR) is 75.1 cm³/mol. The Morgan fingerprint density at radius 1 is 1.59 bits per heavy atom. The molecule has 1 heterocycles. The highest BCUT2D eigenvalue weighted by Gasteiger charge is 2.42. The summed E-state index contributed by atoms with van der Waals surface area (Å²) < 4.78 is -0.574. The molecular weight excluding hydrogens is 232 g/mol. The molecule has 0 radical (unpaired) electrons. The molecule has 3 nitrogen and oxygen atoms in total. The van der Waals surface area contributed by atoms with Gasteiger partial charge < -0.3 is 11.1 Å². The summed E-state index contributed by atoms with van der Waals surface area (Å²) in [4.78, 5) is 12.2. The number of nitrogens with two attached hydrogens (primary N) is 1. The van der Waals surface area contributed by atoms with Crippen LogP contribution in [0.5, 0.6) is 0 Å². The lowest BCUT2D eigenvalue weighted by atomic mass is 9.90. The molecule has 0 aromatic rings. The molecule has 1 rings (SSSR count). The van der Waals surface area contributed by atoms with Crippen LogP contribution in [0.4, 0.5) is 0 Å². The Morgan fingerprint density at radius 2 is 2.29 bits per heavy atom. The van der Waals surface area contributed by atoms with Gasteiger partial charge in [-0.1, -0.05) is 26.0 Å². The summed E-state index contributed by atoms with van der Waals surface area (Å²) >= 11 is 1.69. The molecule has 0 fully saturated rings. The number of thioether (sulfide) groups is 1. The van der Waals surface area contributed by atoms with Crippen LogP contribution in [-0.4, -0.2) is 29.5 Å². The standard InChI is InChI=1S/C13H24N2OS/c1-10(2)9-11(14)13(12(16)15-3)7-5-4-6-8-17-13/h5,7,10-11H,4,6,8-9,14H2,1-3H3,(H,15,16)/t11-,13?/m0/s1. The molecule has 17 heavy (non-hydrogen) atoms. The lowest BCUT2D eigenvalue weighted by Crippen LogP contribution is -2.54. The van der Waals surface area contributed by atoms with E-state index in [-0.39, 0.29) is 11.9 Å². The van der Waals surface area contributed by atoms with Gasteiger partial charge in [0.1, 0.15) is 4.75 Å². The van der Waals surface area contributed by atoms with Crippen molar-refractivity contribution in [2.45, 2.75) is 43.9 Å². The summed E-state index contributed by atoms with van der Waals surface area (Å²) in [5.41, 5.74) is 6.30. The first kappa shape index (κ1) is 14.6. The fourth-order valence-electron chi connectivity index (χ4n) is 2.17. The third-order valence-electron chi connectivity index (χ3n) is 3.08. The van der Waals surface area contributed by atoms with Crippen molar-refractivity contribution >= 4 is 17.7 Å². The maximum Gasteiger partial charge on any atom is 0.241 e. The van der Waals surface area contributed by atoms with Crippen LogP contribution in [0.15, 0.2) is 12.2 Å². The number of nitrogens with one attached hydrogen (secondary N) is 1. The smallest absolute Gasteiger partial charge is 0.241 e. The van der Waals surface area contributed by atoms with Crippen molar-refractivity contribution in [2.75, 3.05) is 12.8 Å². The van der Waals surface area contributed by atoms with E-state index >= 15 is 0 Å². The van der Waals surface area contributed by atoms with Crippen molar-refractivity contribution in [1.29, 1.82) is 0 Å². The van der Waals surface area contributed by atoms with Gasteiger partial charge in [0.2, 0.25) is 5.91 Å². The summed E-state index contributed by atoms with van der Waals surface area (Å²) in [5, 5.41) is 2.77. The lowest BCUT2D eigenvalue weighted by Gasteiger charge is -2.34. The van der Waals surface area contributed by atoms with Gasteiger partial charge in [-0.2, -0.15) is 0 Å². The Kier molecular flexibility index (Phi) is 5.53. The molecule has 4 heteroatoms. The van der Waals surface area contributed by atoms with Gasteiger partial charge in [-0.3, -0.25) is 4.79 Å². The van der Waals surface area contributed by atoms with Gasteiger partial charge in [0.15, 0.2) is 0 Å². The molecule has 0 saturated carbocycles. The Morgan fingerprint density at radius 3 is 2.88 bits per heavy atom. The van der Waals surface area contributed by atoms with Gasteiger partial charge in [0.25, 0.3) is 0 Å². The average Bonchev–Trinajstić information content (AvgIpc) is 2.53. The summed E-state index contributed by atoms with van der Waals surface area (Å²) in [6, 6.07) is -0.123. The minimum atomic E-state index is -0.574. The third-order valence-corrected chi connectivity index (χ3v) is 4.67. The molecule has 1 aliphatic heterocycles. The molecule has 1 unspecified atom stereocenters. The van der Waals surface area contributed by atoms with Crippen molar-refractivity contribution in [2.24, 2.45) is 11.7 Å². The minimum Gasteiger partial charge on any atom is -0.358 e. The van der Waals surface area contributed by atoms with Crippen LogP contribution in [0.3, 0.4) is 0 Å². The summed E-state index contributed by atoms with van der Waals surface area (Å²) in [7, 11) is 1.69. The molecule has 3 N–H and O–H groups in total. The predicted octanol–water partition coefficient (Wildman–Crippen LogP) is 1.93. The van der Waals surface area contributed by atoms with Crippen LogP contribution in [0.25, 0.3) is 0 Å². The van der Waals surface area contributed by atoms with Gasteiger partial charge in [-0.15, -0.1) is 11.8 Å². The number of amides is 1. The van der Waals surface area contributed by atoms with Crippen molar-refractivity contribution in [3.8, 4) is 0 Å². The lowest BCUT2D eigenvalue weighted by molar-refractivity contribution is -0.122. The molecule has 0 aliphatic carbocycles. The van der Waals surface area contributed by atoms with Gasteiger partial charge >= 0.3 is 0 Å². The van der Waals surface area contributed by atoms with Crippen LogP contribution < -0.4 is 11.1 Å². The van der Waals surface area contributed by atoms with E-state index in [1.165, 1.54) is 0 Å². The first-order valence-electron chi connectivity index (χ1n) is 6.32. The van der Waals surface area contributed by atoms with Crippen molar-refractivity contribution in [3.63, 3.8) is 0 Å². The normalized spacial score (nSPS) is 26.6. The summed E-state index contributed by atoms with van der Waals surface area (Å²) in [6.07, 6.45) is 7.16. The zero-order valence-electron chi connectivity index (χ0n) is 11.0. The first-order chi connectivity index (χ1) is 8.03. The fourth-order valence-corrected chi connectivity index (χ4v) is 3.55. The topological polar surface area (TPSA) is 55.1 Å². The van der Waals surface area contributed by atoms with Gasteiger partial charge in [0.05, 0.1) is 0 Å². The van der Waals surface area contributed by atoms with Crippen LogP contribution in [0.1, 0.15) is 33.1 Å². The Bertz CT molecular complexity index is 291. The van der Waals surface area contributed by atoms with E-state index in [1.807, 2.05) is 6.08 Å². The minimum absolute atomic E-state index is 0.0359. The maximum atomic E-state index is 12.2. The quantitative estimate of drug-likeness (QED) is 0.756. The number of carbonyl (C=O) groups excluding carboxylic acids is 1. The van der Waals surface area contributed by atoms with E-state index in [0.29, 0.717) is 5.92 Å². The van der Waals surface area contributed by atoms with Crippen LogP contribution in [0, 0.1) is 5.92 Å². The molecule has 0 aromatic heterocycles. The number of hydrogen-bond acceptors (Lipinski definition) is 3. The van der Waals surface area contributed by atoms with E-state index < -0.39 is 4.75 Å². The van der Waals surface area contributed by atoms with Gasteiger partial charge in [-0.05, 0) is 30.9 Å². The average molecular weight is 256 g/mol. The molecule has 0 bridgehead atoms. The molecule has 0 spiro atoms. The Balaban J connectivity index is 2.95. The molecule has 2 atom stereocenters. The fraction of sp³-hybridized carbons (Fsp3) is 0.769. The van der Waals surface area contributed by atoms with E-state index in [1.54, 1.807) is 18.8 Å². The molecule has 1 amide bonds. The molecule has 0 aromatic carbocycles. The van der Waals surface area contributed by atoms with E-state index in [2.05, 4.69) is 25.2 Å². The van der Waals surface area contributed by atoms with Gasteiger partial charge in [0, 0.05) is 13.1 Å². The Hall–Kier alpha value is -0.480. The van der Waals surface area contributed by atoms with Crippen molar-refractivity contribution in [3.05, 3.63) is 12.2 Å². The largest absolute Gasteiger partial charge is 0.358 e. The van der Waals surface area contributed by atoms with Gasteiger partial charge in [-0.25, -0.2) is 0 Å². The molecular formula is C13H24N2OS. The second-order valence-electron chi connectivity index (χ2n) is 5.00. The number of rotatable bonds is 4. The van der Waals surface area contributed by atoms with E-state index in [4.69, 9.17) is 5.73 Å². The number of carbonyl (C=O) groups is 1. The summed E-state index contributed by atoms with van der Waals surface area (Å²) in [6.45, 7) is 4.28. The van der Waals surface area contributed by atoms with E-state index in [0.717, 1.165) is 25.0 Å². The van der Waals surface area contributed by atoms with Crippen LogP contribution in [-0.2, 0) is 4.79 Å². The third kappa shape index (κ3) is 3.49. The molecule has 1 aliphatic rings. The van der Waals surface area contributed by atoms with E-state index in [9.17, 15) is 4.79 Å². The highest BCUT2D eigenvalue weighted by atomic mass is 32.2. The van der Waals surface area contributed by atoms with Crippen molar-refractivity contribution in [1.82, 2.24) is 5.32 Å². The second kappa shape index (κ2) is 6.45. The zero-order chi connectivity index (χ0) is 12.9. The SMILES string of the molecule is CNC(=O)C1([C@@H](N)CC(C)C)C=CCCCS1. The first-order valence-corrected chi connectivity index (χ1v) is 7.31. The Labute approximate surface area is 109 Å². The monoisotopic (exact) mass is 256 g/mol. The summed E-state index contributed by atoms with van der Waals surface area (Å²) in [5.74, 6) is 1.53. The molecule has 98 valence electrons. The second-order valence-corrected chi connectivity index (χ2v) is 6.37. The van der Waals surface area contributed by atoms with Crippen LogP contribution >= 0.6 is 11.8 Å². The highest BCUT2D eigenvalue weighted by molar-refractivity contribution is 8.01. The van der Waals surface area contributed by atoms with Crippen LogP contribution in [0.2, 0.25) is 0 Å². The van der Waals surface area contributed by atoms with Crippen molar-refractivity contribution < 1.29 is 4.79 Å². The number of allylic oxidation sites excluding steroid dienone is 1. The highest BCUT2D eigenvalue weighted by Crippen LogP contribution is 2.35. The number of hydrogen-bond donors (Lipinski definition) is 2.